The molecule has 170 valence electrons. The zero-order valence-electron chi connectivity index (χ0n) is 17.7. The van der Waals surface area contributed by atoms with Crippen molar-refractivity contribution in [3.8, 4) is 0 Å². The molecule has 0 aromatic heterocycles. The van der Waals surface area contributed by atoms with Crippen LogP contribution in [0.5, 0.6) is 0 Å². The van der Waals surface area contributed by atoms with Crippen LogP contribution in [-0.4, -0.2) is 23.5 Å². The summed E-state index contributed by atoms with van der Waals surface area (Å²) in [5.74, 6) is 0. The minimum absolute atomic E-state index is 0.0695. The average Bonchev–Trinajstić information content (AvgIpc) is 3.30. The molecule has 4 aromatic carbocycles. The number of nitrogens with zero attached hydrogens (tertiary/aromatic N) is 3. The highest BCUT2D eigenvalue weighted by Gasteiger charge is 2.38. The predicted octanol–water partition coefficient (Wildman–Crippen LogP) is 5.94. The summed E-state index contributed by atoms with van der Waals surface area (Å²) in [6.45, 7) is 0. The Morgan fingerprint density at radius 1 is 0.912 bits per heavy atom. The fourth-order valence-electron chi connectivity index (χ4n) is 4.13. The summed E-state index contributed by atoms with van der Waals surface area (Å²) in [4.78, 5) is 10.4. The van der Waals surface area contributed by atoms with E-state index >= 15 is 0 Å². The van der Waals surface area contributed by atoms with Gasteiger partial charge in [-0.3, -0.25) is 10.1 Å². The highest BCUT2D eigenvalue weighted by molar-refractivity contribution is 7.89. The first-order chi connectivity index (χ1) is 16.3. The van der Waals surface area contributed by atoms with Gasteiger partial charge in [-0.15, -0.1) is 0 Å². The van der Waals surface area contributed by atoms with Gasteiger partial charge in [-0.05, 0) is 40.6 Å². The quantitative estimate of drug-likeness (QED) is 0.255. The normalized spacial score (nSPS) is 16.0. The van der Waals surface area contributed by atoms with Crippen LogP contribution < -0.4 is 0 Å². The molecule has 1 aliphatic rings. The lowest BCUT2D eigenvalue weighted by Crippen LogP contribution is -2.27. The number of nitro benzene ring substituents is 1. The molecule has 9 heteroatoms. The summed E-state index contributed by atoms with van der Waals surface area (Å²) in [6.07, 6.45) is 0.363. The first-order valence-corrected chi connectivity index (χ1v) is 12.3. The molecule has 0 radical (unpaired) electrons. The van der Waals surface area contributed by atoms with Crippen LogP contribution in [0.2, 0.25) is 5.02 Å². The Labute approximate surface area is 201 Å². The second kappa shape index (κ2) is 8.55. The fraction of sp³-hybridized carbons (Fsp3) is 0.0800. The van der Waals surface area contributed by atoms with Crippen LogP contribution in [-0.2, 0) is 10.0 Å². The van der Waals surface area contributed by atoms with E-state index in [0.717, 1.165) is 26.3 Å². The Kier molecular flexibility index (Phi) is 5.55. The fourth-order valence-corrected chi connectivity index (χ4v) is 5.69. The van der Waals surface area contributed by atoms with E-state index in [2.05, 4.69) is 5.10 Å². The standard InChI is InChI=1S/C25H18ClN3O4S/c26-19-10-8-18(9-11-19)25-16-24(23-7-3-5-17-4-1-2-6-22(17)23)27-28(25)34(32,33)21-14-12-20(13-15-21)29(30)31/h1-15,25H,16H2. The molecule has 1 aliphatic heterocycles. The van der Waals surface area contributed by atoms with Gasteiger partial charge in [0.1, 0.15) is 0 Å². The molecule has 0 spiro atoms. The third kappa shape index (κ3) is 3.91. The smallest absolute Gasteiger partial charge is 0.258 e. The molecular weight excluding hydrogens is 474 g/mol. The minimum atomic E-state index is -4.09. The molecule has 5 rings (SSSR count). The molecular formula is C25H18ClN3O4S. The molecule has 1 heterocycles. The van der Waals surface area contributed by atoms with Gasteiger partial charge < -0.3 is 0 Å². The van der Waals surface area contributed by atoms with Crippen molar-refractivity contribution in [3.63, 3.8) is 0 Å². The number of fused-ring (bicyclic) bond motifs is 1. The van der Waals surface area contributed by atoms with E-state index in [0.29, 0.717) is 17.2 Å². The van der Waals surface area contributed by atoms with Gasteiger partial charge in [-0.1, -0.05) is 66.2 Å². The Hall–Kier alpha value is -3.75. The largest absolute Gasteiger partial charge is 0.279 e. The van der Waals surface area contributed by atoms with Crippen LogP contribution in [0.3, 0.4) is 0 Å². The van der Waals surface area contributed by atoms with Crippen LogP contribution in [0.1, 0.15) is 23.6 Å². The van der Waals surface area contributed by atoms with Gasteiger partial charge in [0.25, 0.3) is 15.7 Å². The van der Waals surface area contributed by atoms with Gasteiger partial charge >= 0.3 is 0 Å². The van der Waals surface area contributed by atoms with E-state index in [9.17, 15) is 18.5 Å². The zero-order chi connectivity index (χ0) is 23.9. The van der Waals surface area contributed by atoms with Crippen molar-refractivity contribution in [2.24, 2.45) is 5.10 Å². The van der Waals surface area contributed by atoms with E-state index in [1.807, 2.05) is 42.5 Å². The lowest BCUT2D eigenvalue weighted by Gasteiger charge is -2.23. The Morgan fingerprint density at radius 3 is 2.29 bits per heavy atom. The first kappa shape index (κ1) is 22.1. The van der Waals surface area contributed by atoms with Gasteiger partial charge in [0.15, 0.2) is 0 Å². The average molecular weight is 492 g/mol. The second-order valence-electron chi connectivity index (χ2n) is 7.87. The van der Waals surface area contributed by atoms with Gasteiger partial charge in [0.05, 0.1) is 21.6 Å². The topological polar surface area (TPSA) is 92.9 Å². The van der Waals surface area contributed by atoms with Crippen molar-refractivity contribution in [2.45, 2.75) is 17.4 Å². The highest BCUT2D eigenvalue weighted by Crippen LogP contribution is 2.38. The lowest BCUT2D eigenvalue weighted by molar-refractivity contribution is -0.384. The van der Waals surface area contributed by atoms with Crippen molar-refractivity contribution in [3.05, 3.63) is 117 Å². The van der Waals surface area contributed by atoms with Crippen molar-refractivity contribution in [1.29, 1.82) is 0 Å². The summed E-state index contributed by atoms with van der Waals surface area (Å²) in [5, 5.41) is 18.1. The third-order valence-electron chi connectivity index (χ3n) is 5.82. The molecule has 4 aromatic rings. The van der Waals surface area contributed by atoms with Crippen molar-refractivity contribution >= 4 is 43.8 Å². The van der Waals surface area contributed by atoms with Gasteiger partial charge in [-0.2, -0.15) is 17.9 Å². The van der Waals surface area contributed by atoms with Crippen LogP contribution in [0, 0.1) is 10.1 Å². The minimum Gasteiger partial charge on any atom is -0.258 e. The van der Waals surface area contributed by atoms with Crippen LogP contribution in [0.15, 0.2) is 101 Å². The maximum absolute atomic E-state index is 13.6. The van der Waals surface area contributed by atoms with Crippen molar-refractivity contribution in [1.82, 2.24) is 4.41 Å². The van der Waals surface area contributed by atoms with E-state index < -0.39 is 21.0 Å². The van der Waals surface area contributed by atoms with Crippen molar-refractivity contribution in [2.75, 3.05) is 0 Å². The lowest BCUT2D eigenvalue weighted by atomic mass is 9.95. The molecule has 0 amide bonds. The maximum Gasteiger partial charge on any atom is 0.279 e. The maximum atomic E-state index is 13.6. The molecule has 0 aliphatic carbocycles. The number of hydrogen-bond acceptors (Lipinski definition) is 5. The molecule has 34 heavy (non-hydrogen) atoms. The molecule has 0 bridgehead atoms. The second-order valence-corrected chi connectivity index (χ2v) is 10.1. The molecule has 0 N–H and O–H groups in total. The number of halogens is 1. The monoisotopic (exact) mass is 491 g/mol. The number of hydrogen-bond donors (Lipinski definition) is 0. The summed E-state index contributed by atoms with van der Waals surface area (Å²) >= 11 is 6.06. The van der Waals surface area contributed by atoms with Gasteiger partial charge in [0, 0.05) is 29.1 Å². The summed E-state index contributed by atoms with van der Waals surface area (Å²) < 4.78 is 28.4. The molecule has 1 unspecified atom stereocenters. The summed E-state index contributed by atoms with van der Waals surface area (Å²) in [6, 6.07) is 24.9. The zero-order valence-corrected chi connectivity index (χ0v) is 19.3. The molecule has 7 nitrogen and oxygen atoms in total. The number of hydrazone groups is 1. The number of benzene rings is 4. The summed E-state index contributed by atoms with van der Waals surface area (Å²) in [7, 11) is -4.09. The number of rotatable bonds is 5. The molecule has 0 fully saturated rings. The van der Waals surface area contributed by atoms with E-state index in [1.165, 1.54) is 24.3 Å². The van der Waals surface area contributed by atoms with E-state index in [4.69, 9.17) is 11.6 Å². The summed E-state index contributed by atoms with van der Waals surface area (Å²) in [5.41, 5.74) is 2.06. The Morgan fingerprint density at radius 2 is 1.59 bits per heavy atom. The van der Waals surface area contributed by atoms with Crippen LogP contribution >= 0.6 is 11.6 Å². The molecule has 0 saturated heterocycles. The number of sulfonamides is 1. The Balaban J connectivity index is 1.63. The third-order valence-corrected chi connectivity index (χ3v) is 7.77. The van der Waals surface area contributed by atoms with Gasteiger partial charge in [0.2, 0.25) is 0 Å². The molecule has 1 atom stereocenters. The van der Waals surface area contributed by atoms with E-state index in [1.54, 1.807) is 24.3 Å². The molecule has 0 saturated carbocycles. The highest BCUT2D eigenvalue weighted by atomic mass is 35.5. The number of non-ortho nitro benzene ring substituents is 1. The first-order valence-electron chi connectivity index (χ1n) is 10.4. The SMILES string of the molecule is O=[N+]([O-])c1ccc(S(=O)(=O)N2N=C(c3cccc4ccccc34)CC2c2ccc(Cl)cc2)cc1. The number of nitro groups is 1. The van der Waals surface area contributed by atoms with Gasteiger partial charge in [-0.25, -0.2) is 0 Å². The van der Waals surface area contributed by atoms with Crippen LogP contribution in [0.4, 0.5) is 5.69 Å². The predicted molar refractivity (Wildman–Crippen MR) is 131 cm³/mol. The van der Waals surface area contributed by atoms with Crippen molar-refractivity contribution < 1.29 is 13.3 Å². The Bertz CT molecular complexity index is 1530. The van der Waals surface area contributed by atoms with E-state index in [-0.39, 0.29) is 10.6 Å². The van der Waals surface area contributed by atoms with Crippen LogP contribution in [0.25, 0.3) is 10.8 Å².